The van der Waals surface area contributed by atoms with E-state index in [0.29, 0.717) is 0 Å². The molecule has 0 unspecified atom stereocenters. The highest BCUT2D eigenvalue weighted by Crippen LogP contribution is 2.17. The van der Waals surface area contributed by atoms with Gasteiger partial charge in [0.2, 0.25) is 0 Å². The van der Waals surface area contributed by atoms with Gasteiger partial charge in [-0.25, -0.2) is 0 Å². The highest BCUT2D eigenvalue weighted by Gasteiger charge is 2.18. The molecule has 0 saturated carbocycles. The van der Waals surface area contributed by atoms with E-state index in [9.17, 15) is 4.79 Å². The Labute approximate surface area is 176 Å². The first kappa shape index (κ1) is 20.0. The Morgan fingerprint density at radius 3 is 2.50 bits per heavy atom. The van der Waals surface area contributed by atoms with E-state index in [1.807, 2.05) is 54.6 Å². The molecule has 0 spiro atoms. The average molecular weight is 406 g/mol. The van der Waals surface area contributed by atoms with E-state index in [0.717, 1.165) is 62.1 Å². The number of hydrogen-bond acceptors (Lipinski definition) is 6. The molecule has 0 bridgehead atoms. The second kappa shape index (κ2) is 9.45. The molecular formula is C23H27N5O2. The zero-order valence-electron chi connectivity index (χ0n) is 17.2. The largest absolute Gasteiger partial charge is 0.497 e. The van der Waals surface area contributed by atoms with Crippen LogP contribution < -0.4 is 20.5 Å². The first-order valence-electron chi connectivity index (χ1n) is 10.2. The third-order valence-corrected chi connectivity index (χ3v) is 5.35. The van der Waals surface area contributed by atoms with Gasteiger partial charge in [-0.05, 0) is 24.3 Å². The number of anilines is 2. The van der Waals surface area contributed by atoms with Crippen molar-refractivity contribution in [2.75, 3.05) is 56.6 Å². The van der Waals surface area contributed by atoms with Crippen LogP contribution >= 0.6 is 0 Å². The lowest BCUT2D eigenvalue weighted by Crippen LogP contribution is -2.48. The number of nitrogens with one attached hydrogen (secondary N) is 1. The Balaban J connectivity index is 1.28. The number of para-hydroxylation sites is 1. The summed E-state index contributed by atoms with van der Waals surface area (Å²) in [5.74, 6) is 0.858. The Hall–Kier alpha value is -3.32. The molecule has 0 radical (unpaired) electrons. The quantitative estimate of drug-likeness (QED) is 0.652. The molecule has 1 saturated heterocycles. The summed E-state index contributed by atoms with van der Waals surface area (Å²) in [4.78, 5) is 17.2. The number of rotatable bonds is 7. The molecule has 3 aromatic rings. The third kappa shape index (κ3) is 4.80. The summed E-state index contributed by atoms with van der Waals surface area (Å²) in [5, 5.41) is 7.82. The van der Waals surface area contributed by atoms with Crippen LogP contribution in [0, 0.1) is 0 Å². The minimum atomic E-state index is -0.108. The van der Waals surface area contributed by atoms with Crippen molar-refractivity contribution in [3.63, 3.8) is 0 Å². The van der Waals surface area contributed by atoms with Crippen LogP contribution in [0.25, 0.3) is 5.69 Å². The topological polar surface area (TPSA) is 62.6 Å². The summed E-state index contributed by atoms with van der Waals surface area (Å²) in [6.07, 6.45) is 1.79. The first-order valence-corrected chi connectivity index (χ1v) is 10.2. The van der Waals surface area contributed by atoms with E-state index in [2.05, 4.69) is 20.2 Å². The van der Waals surface area contributed by atoms with Gasteiger partial charge in [-0.1, -0.05) is 24.3 Å². The zero-order valence-corrected chi connectivity index (χ0v) is 17.2. The molecule has 156 valence electrons. The van der Waals surface area contributed by atoms with E-state index in [1.165, 1.54) is 4.68 Å². The molecule has 7 heteroatoms. The van der Waals surface area contributed by atoms with Gasteiger partial charge in [-0.15, -0.1) is 0 Å². The molecule has 4 rings (SSSR count). The monoisotopic (exact) mass is 405 g/mol. The zero-order chi connectivity index (χ0) is 20.8. The van der Waals surface area contributed by atoms with E-state index >= 15 is 0 Å². The van der Waals surface area contributed by atoms with Gasteiger partial charge in [0.15, 0.2) is 0 Å². The molecule has 1 N–H and O–H groups in total. The summed E-state index contributed by atoms with van der Waals surface area (Å²) in [5.41, 5.74) is 2.63. The molecule has 30 heavy (non-hydrogen) atoms. The van der Waals surface area contributed by atoms with Crippen molar-refractivity contribution in [3.05, 3.63) is 77.2 Å². The smallest absolute Gasteiger partial charge is 0.273 e. The van der Waals surface area contributed by atoms with E-state index in [4.69, 9.17) is 4.74 Å². The minimum Gasteiger partial charge on any atom is -0.497 e. The fraction of sp³-hybridized carbons (Fsp3) is 0.304. The number of methoxy groups -OCH3 is 1. The highest BCUT2D eigenvalue weighted by molar-refractivity contribution is 5.48. The van der Waals surface area contributed by atoms with Crippen LogP contribution in [0.3, 0.4) is 0 Å². The Morgan fingerprint density at radius 1 is 0.967 bits per heavy atom. The molecule has 0 aliphatic carbocycles. The van der Waals surface area contributed by atoms with Crippen molar-refractivity contribution in [2.24, 2.45) is 0 Å². The maximum atomic E-state index is 12.5. The molecular weight excluding hydrogens is 378 g/mol. The molecule has 1 aromatic heterocycles. The fourth-order valence-corrected chi connectivity index (χ4v) is 3.66. The van der Waals surface area contributed by atoms with Crippen LogP contribution in [0.2, 0.25) is 0 Å². The summed E-state index contributed by atoms with van der Waals surface area (Å²) >= 11 is 0. The highest BCUT2D eigenvalue weighted by atomic mass is 16.5. The van der Waals surface area contributed by atoms with Crippen LogP contribution in [-0.4, -0.2) is 61.1 Å². The first-order chi connectivity index (χ1) is 14.7. The SMILES string of the molecule is COc1cccc(NCCN2CCN(c3cnn(-c4ccccc4)c(=O)c3)CC2)c1. The number of nitrogens with zero attached hydrogens (tertiary/aromatic N) is 4. The predicted molar refractivity (Wildman–Crippen MR) is 120 cm³/mol. The molecule has 1 aliphatic rings. The normalized spacial score (nSPS) is 14.5. The van der Waals surface area contributed by atoms with Gasteiger partial charge in [0.25, 0.3) is 5.56 Å². The molecule has 1 fully saturated rings. The van der Waals surface area contributed by atoms with Crippen molar-refractivity contribution in [1.82, 2.24) is 14.7 Å². The Bertz CT molecular complexity index is 1010. The number of ether oxygens (including phenoxy) is 1. The standard InChI is InChI=1S/C23H27N5O2/c1-30-22-9-5-6-19(16-22)24-10-11-26-12-14-27(15-13-26)21-17-23(29)28(25-18-21)20-7-3-2-4-8-20/h2-9,16-18,24H,10-15H2,1H3. The van der Waals surface area contributed by atoms with Crippen molar-refractivity contribution < 1.29 is 4.74 Å². The number of benzene rings is 2. The second-order valence-electron chi connectivity index (χ2n) is 7.29. The summed E-state index contributed by atoms with van der Waals surface area (Å²) < 4.78 is 6.70. The maximum Gasteiger partial charge on any atom is 0.273 e. The van der Waals surface area contributed by atoms with E-state index in [-0.39, 0.29) is 5.56 Å². The van der Waals surface area contributed by atoms with Crippen LogP contribution in [0.5, 0.6) is 5.75 Å². The lowest BCUT2D eigenvalue weighted by Gasteiger charge is -2.35. The molecule has 7 nitrogen and oxygen atoms in total. The summed E-state index contributed by atoms with van der Waals surface area (Å²) in [6.45, 7) is 5.54. The fourth-order valence-electron chi connectivity index (χ4n) is 3.66. The molecule has 0 amide bonds. The predicted octanol–water partition coefficient (Wildman–Crippen LogP) is 2.48. The van der Waals surface area contributed by atoms with Gasteiger partial charge in [0.1, 0.15) is 5.75 Å². The van der Waals surface area contributed by atoms with E-state index in [1.54, 1.807) is 19.4 Å². The average Bonchev–Trinajstić information content (AvgIpc) is 2.80. The van der Waals surface area contributed by atoms with Gasteiger partial charge < -0.3 is 15.0 Å². The second-order valence-corrected chi connectivity index (χ2v) is 7.29. The van der Waals surface area contributed by atoms with Crippen molar-refractivity contribution >= 4 is 11.4 Å². The number of aromatic nitrogens is 2. The summed E-state index contributed by atoms with van der Waals surface area (Å²) in [6, 6.07) is 19.2. The van der Waals surface area contributed by atoms with Crippen molar-refractivity contribution in [2.45, 2.75) is 0 Å². The molecule has 1 aliphatic heterocycles. The molecule has 2 heterocycles. The lowest BCUT2D eigenvalue weighted by atomic mass is 10.2. The van der Waals surface area contributed by atoms with Crippen LogP contribution in [0.1, 0.15) is 0 Å². The maximum absolute atomic E-state index is 12.5. The van der Waals surface area contributed by atoms with Gasteiger partial charge >= 0.3 is 0 Å². The summed E-state index contributed by atoms with van der Waals surface area (Å²) in [7, 11) is 1.68. The van der Waals surface area contributed by atoms with Crippen LogP contribution in [0.15, 0.2) is 71.7 Å². The van der Waals surface area contributed by atoms with Gasteiger partial charge in [0.05, 0.1) is 24.7 Å². The molecule has 2 aromatic carbocycles. The van der Waals surface area contributed by atoms with E-state index < -0.39 is 0 Å². The minimum absolute atomic E-state index is 0.108. The van der Waals surface area contributed by atoms with Gasteiger partial charge in [-0.3, -0.25) is 9.69 Å². The third-order valence-electron chi connectivity index (χ3n) is 5.35. The Kier molecular flexibility index (Phi) is 6.29. The molecule has 0 atom stereocenters. The number of piperazine rings is 1. The van der Waals surface area contributed by atoms with Crippen LogP contribution in [0.4, 0.5) is 11.4 Å². The van der Waals surface area contributed by atoms with Crippen molar-refractivity contribution in [1.29, 1.82) is 0 Å². The lowest BCUT2D eigenvalue weighted by molar-refractivity contribution is 0.267. The van der Waals surface area contributed by atoms with Crippen LogP contribution in [-0.2, 0) is 0 Å². The van der Waals surface area contributed by atoms with Gasteiger partial charge in [0, 0.05) is 57.1 Å². The number of hydrogen-bond donors (Lipinski definition) is 1. The van der Waals surface area contributed by atoms with Crippen molar-refractivity contribution in [3.8, 4) is 11.4 Å². The van der Waals surface area contributed by atoms with Gasteiger partial charge in [-0.2, -0.15) is 9.78 Å². The Morgan fingerprint density at radius 2 is 1.77 bits per heavy atom.